The number of nitrogens with zero attached hydrogens (tertiary/aromatic N) is 5. The number of imidazole rings is 1. The molecule has 13 heteroatoms. The lowest BCUT2D eigenvalue weighted by atomic mass is 10.1. The van der Waals surface area contributed by atoms with Crippen LogP contribution in [0.5, 0.6) is 17.2 Å². The summed E-state index contributed by atoms with van der Waals surface area (Å²) >= 11 is 0. The van der Waals surface area contributed by atoms with E-state index in [1.807, 2.05) is 4.90 Å². The average Bonchev–Trinajstić information content (AvgIpc) is 3.59. The molecule has 0 aliphatic carbocycles. The lowest BCUT2D eigenvalue weighted by Crippen LogP contribution is -2.33. The molecule has 1 fully saturated rings. The normalized spacial score (nSPS) is 15.5. The van der Waals surface area contributed by atoms with Crippen molar-refractivity contribution in [1.29, 1.82) is 0 Å². The summed E-state index contributed by atoms with van der Waals surface area (Å²) in [6, 6.07) is 8.34. The number of nitrogens with one attached hydrogen (secondary N) is 1. The molecule has 0 spiro atoms. The third-order valence-electron chi connectivity index (χ3n) is 6.86. The first-order chi connectivity index (χ1) is 19.2. The second kappa shape index (κ2) is 11.1. The number of hydrogen-bond donors (Lipinski definition) is 2. The van der Waals surface area contributed by atoms with Gasteiger partial charge in [0.1, 0.15) is 0 Å². The van der Waals surface area contributed by atoms with E-state index in [0.717, 1.165) is 25.0 Å². The maximum atomic E-state index is 13.0. The van der Waals surface area contributed by atoms with Gasteiger partial charge in [-0.15, -0.1) is 0 Å². The lowest BCUT2D eigenvalue weighted by Gasteiger charge is -2.23. The predicted octanol–water partition coefficient (Wildman–Crippen LogP) is 4.62. The Morgan fingerprint density at radius 2 is 1.73 bits per heavy atom. The molecular weight excluding hydrogens is 529 g/mol. The van der Waals surface area contributed by atoms with Gasteiger partial charge < -0.3 is 34.1 Å². The van der Waals surface area contributed by atoms with E-state index in [1.54, 1.807) is 23.0 Å². The number of aromatic nitrogens is 4. The highest BCUT2D eigenvalue weighted by atomic mass is 19.4. The minimum atomic E-state index is -4.41. The minimum absolute atomic E-state index is 0.0398. The molecule has 40 heavy (non-hydrogen) atoms. The van der Waals surface area contributed by atoms with Crippen molar-refractivity contribution in [2.75, 3.05) is 44.7 Å². The zero-order chi connectivity index (χ0) is 28.4. The molecule has 0 radical (unpaired) electrons. The van der Waals surface area contributed by atoms with Gasteiger partial charge in [-0.25, -0.2) is 4.98 Å². The summed E-state index contributed by atoms with van der Waals surface area (Å²) in [5.74, 6) is 2.15. The monoisotopic (exact) mass is 558 g/mol. The number of aliphatic hydroxyl groups is 1. The first kappa shape index (κ1) is 27.3. The van der Waals surface area contributed by atoms with Crippen LogP contribution in [-0.2, 0) is 12.7 Å². The molecule has 1 unspecified atom stereocenters. The molecule has 10 nitrogen and oxygen atoms in total. The summed E-state index contributed by atoms with van der Waals surface area (Å²) in [6.07, 6.45) is -1.14. The molecule has 1 aliphatic rings. The predicted molar refractivity (Wildman–Crippen MR) is 143 cm³/mol. The van der Waals surface area contributed by atoms with E-state index in [0.29, 0.717) is 58.0 Å². The molecule has 212 valence electrons. The first-order valence-electron chi connectivity index (χ1n) is 12.6. The van der Waals surface area contributed by atoms with Gasteiger partial charge in [0.05, 0.1) is 52.4 Å². The first-order valence-corrected chi connectivity index (χ1v) is 12.6. The second-order valence-corrected chi connectivity index (χ2v) is 9.32. The van der Waals surface area contributed by atoms with Crippen molar-refractivity contribution >= 4 is 28.6 Å². The number of alkyl halides is 3. The Morgan fingerprint density at radius 1 is 1.02 bits per heavy atom. The summed E-state index contributed by atoms with van der Waals surface area (Å²) in [7, 11) is 4.56. The van der Waals surface area contributed by atoms with Crippen LogP contribution >= 0.6 is 0 Å². The van der Waals surface area contributed by atoms with E-state index in [4.69, 9.17) is 24.2 Å². The number of ether oxygens (including phenoxy) is 3. The van der Waals surface area contributed by atoms with Crippen LogP contribution in [0.2, 0.25) is 0 Å². The minimum Gasteiger partial charge on any atom is -0.493 e. The molecule has 5 rings (SSSR count). The molecule has 1 aliphatic heterocycles. The summed E-state index contributed by atoms with van der Waals surface area (Å²) in [4.78, 5) is 16.0. The van der Waals surface area contributed by atoms with E-state index >= 15 is 0 Å². The summed E-state index contributed by atoms with van der Waals surface area (Å²) in [5, 5.41) is 13.2. The van der Waals surface area contributed by atoms with Gasteiger partial charge in [-0.2, -0.15) is 23.1 Å². The van der Waals surface area contributed by atoms with Gasteiger partial charge >= 0.3 is 6.18 Å². The molecule has 1 atom stereocenters. The van der Waals surface area contributed by atoms with Gasteiger partial charge in [-0.3, -0.25) is 0 Å². The number of rotatable bonds is 9. The fraction of sp³-hybridized carbons (Fsp3) is 0.370. The topological polar surface area (TPSA) is 107 Å². The Hall–Kier alpha value is -4.26. The SMILES string of the molecule is COc1cc(Nc2nc(N3CCCC3CO)nc3c2ncn3Cc2ccc(C(F)(F)F)cc2)cc(OC)c1OC. The van der Waals surface area contributed by atoms with Crippen molar-refractivity contribution in [3.05, 3.63) is 53.9 Å². The van der Waals surface area contributed by atoms with Gasteiger partial charge in [0, 0.05) is 24.4 Å². The van der Waals surface area contributed by atoms with Gasteiger partial charge in [-0.1, -0.05) is 12.1 Å². The Balaban J connectivity index is 1.57. The summed E-state index contributed by atoms with van der Waals surface area (Å²) < 4.78 is 57.2. The quantitative estimate of drug-likeness (QED) is 0.304. The second-order valence-electron chi connectivity index (χ2n) is 9.32. The van der Waals surface area contributed by atoms with Gasteiger partial charge in [0.15, 0.2) is 28.5 Å². The number of halogens is 3. The van der Waals surface area contributed by atoms with E-state index in [2.05, 4.69) is 10.3 Å². The van der Waals surface area contributed by atoms with E-state index in [9.17, 15) is 18.3 Å². The molecule has 1 saturated heterocycles. The zero-order valence-electron chi connectivity index (χ0n) is 22.2. The number of benzene rings is 2. The Morgan fingerprint density at radius 3 is 2.33 bits per heavy atom. The van der Waals surface area contributed by atoms with E-state index in [-0.39, 0.29) is 19.2 Å². The Bertz CT molecular complexity index is 1470. The molecule has 3 heterocycles. The van der Waals surface area contributed by atoms with Crippen molar-refractivity contribution in [2.45, 2.75) is 31.6 Å². The molecule has 2 aromatic carbocycles. The Kier molecular flexibility index (Phi) is 7.57. The number of aliphatic hydroxyl groups excluding tert-OH is 1. The standard InChI is InChI=1S/C27H29F3N6O4/c1-38-20-11-18(12-21(39-2)23(20)40-3)32-24-22-25(34-26(33-24)36-10-4-5-19(36)14-37)35(15-31-22)13-16-6-8-17(9-7-16)27(28,29)30/h6-9,11-12,15,19,37H,4-5,10,13-14H2,1-3H3,(H,32,33,34). The number of anilines is 3. The fourth-order valence-corrected chi connectivity index (χ4v) is 4.84. The number of methoxy groups -OCH3 is 3. The van der Waals surface area contributed by atoms with Gasteiger partial charge in [0.2, 0.25) is 11.7 Å². The molecule has 4 aromatic rings. The third-order valence-corrected chi connectivity index (χ3v) is 6.86. The zero-order valence-corrected chi connectivity index (χ0v) is 22.2. The van der Waals surface area contributed by atoms with Crippen molar-refractivity contribution in [2.24, 2.45) is 0 Å². The molecule has 0 amide bonds. The number of fused-ring (bicyclic) bond motifs is 1. The van der Waals surface area contributed by atoms with Crippen LogP contribution in [0.3, 0.4) is 0 Å². The lowest BCUT2D eigenvalue weighted by molar-refractivity contribution is -0.137. The van der Waals surface area contributed by atoms with Crippen molar-refractivity contribution in [3.63, 3.8) is 0 Å². The largest absolute Gasteiger partial charge is 0.493 e. The molecule has 2 aromatic heterocycles. The highest BCUT2D eigenvalue weighted by Gasteiger charge is 2.30. The van der Waals surface area contributed by atoms with E-state index < -0.39 is 11.7 Å². The highest BCUT2D eigenvalue weighted by Crippen LogP contribution is 2.41. The maximum absolute atomic E-state index is 13.0. The fourth-order valence-electron chi connectivity index (χ4n) is 4.84. The smallest absolute Gasteiger partial charge is 0.416 e. The Labute approximate surface area is 228 Å². The van der Waals surface area contributed by atoms with Crippen LogP contribution in [0.25, 0.3) is 11.2 Å². The maximum Gasteiger partial charge on any atom is 0.416 e. The molecule has 2 N–H and O–H groups in total. The van der Waals surface area contributed by atoms with Crippen LogP contribution in [0, 0.1) is 0 Å². The van der Waals surface area contributed by atoms with Gasteiger partial charge in [-0.05, 0) is 30.5 Å². The highest BCUT2D eigenvalue weighted by molar-refractivity contribution is 5.87. The van der Waals surface area contributed by atoms with Crippen LogP contribution in [-0.4, -0.2) is 65.1 Å². The summed E-state index contributed by atoms with van der Waals surface area (Å²) in [6.45, 7) is 0.882. The van der Waals surface area contributed by atoms with Crippen LogP contribution in [0.15, 0.2) is 42.7 Å². The molecular formula is C27H29F3N6O4. The van der Waals surface area contributed by atoms with Crippen LogP contribution in [0.4, 0.5) is 30.6 Å². The van der Waals surface area contributed by atoms with Crippen molar-refractivity contribution in [3.8, 4) is 17.2 Å². The van der Waals surface area contributed by atoms with E-state index in [1.165, 1.54) is 33.5 Å². The van der Waals surface area contributed by atoms with Crippen molar-refractivity contribution < 1.29 is 32.5 Å². The third kappa shape index (κ3) is 5.28. The molecule has 0 saturated carbocycles. The van der Waals surface area contributed by atoms with Gasteiger partial charge in [0.25, 0.3) is 0 Å². The average molecular weight is 559 g/mol. The summed E-state index contributed by atoms with van der Waals surface area (Å²) in [5.41, 5.74) is 1.49. The van der Waals surface area contributed by atoms with Crippen molar-refractivity contribution in [1.82, 2.24) is 19.5 Å². The van der Waals surface area contributed by atoms with Crippen LogP contribution in [0.1, 0.15) is 24.0 Å². The molecule has 0 bridgehead atoms. The van der Waals surface area contributed by atoms with Crippen LogP contribution < -0.4 is 24.4 Å². The number of hydrogen-bond acceptors (Lipinski definition) is 9.